The van der Waals surface area contributed by atoms with Crippen LogP contribution in [0.1, 0.15) is 50.7 Å². The van der Waals surface area contributed by atoms with Crippen LogP contribution in [0.5, 0.6) is 0 Å². The molecule has 0 saturated carbocycles. The third kappa shape index (κ3) is 3.67. The zero-order chi connectivity index (χ0) is 14.4. The Balaban J connectivity index is 2.10. The average molecular weight is 272 g/mol. The van der Waals surface area contributed by atoms with E-state index in [-0.39, 0.29) is 6.04 Å². The van der Waals surface area contributed by atoms with Crippen molar-refractivity contribution < 1.29 is 0 Å². The second kappa shape index (κ2) is 7.20. The number of nitrogens with one attached hydrogen (secondary N) is 1. The van der Waals surface area contributed by atoms with Crippen LogP contribution in [0.3, 0.4) is 0 Å². The third-order valence-corrected chi connectivity index (χ3v) is 3.61. The lowest BCUT2D eigenvalue weighted by atomic mass is 10.1. The van der Waals surface area contributed by atoms with E-state index in [9.17, 15) is 0 Å². The number of nitrogens with zero attached hydrogens (tertiary/aromatic N) is 3. The maximum atomic E-state index is 4.68. The monoisotopic (exact) mass is 272 g/mol. The van der Waals surface area contributed by atoms with Crippen LogP contribution in [-0.2, 0) is 6.42 Å². The summed E-state index contributed by atoms with van der Waals surface area (Å²) in [6.45, 7) is 7.42. The maximum Gasteiger partial charge on any atom is 0.0644 e. The molecule has 2 atom stereocenters. The molecule has 0 aromatic carbocycles. The molecule has 2 aromatic rings. The van der Waals surface area contributed by atoms with Gasteiger partial charge in [0, 0.05) is 24.9 Å². The highest BCUT2D eigenvalue weighted by molar-refractivity contribution is 5.13. The van der Waals surface area contributed by atoms with E-state index < -0.39 is 0 Å². The predicted octanol–water partition coefficient (Wildman–Crippen LogP) is 3.14. The van der Waals surface area contributed by atoms with E-state index in [2.05, 4.69) is 59.2 Å². The molecule has 0 amide bonds. The molecule has 2 rings (SSSR count). The average Bonchev–Trinajstić information content (AvgIpc) is 2.95. The number of likely N-dealkylation sites (N-methyl/N-ethyl adjacent to an activating group) is 1. The van der Waals surface area contributed by atoms with Crippen molar-refractivity contribution in [1.82, 2.24) is 20.1 Å². The van der Waals surface area contributed by atoms with Crippen LogP contribution in [-0.4, -0.2) is 21.3 Å². The van der Waals surface area contributed by atoms with Gasteiger partial charge in [-0.3, -0.25) is 9.67 Å². The summed E-state index contributed by atoms with van der Waals surface area (Å²) in [5, 5.41) is 8.17. The molecule has 0 spiro atoms. The van der Waals surface area contributed by atoms with Crippen molar-refractivity contribution >= 4 is 0 Å². The fourth-order valence-electron chi connectivity index (χ4n) is 2.24. The van der Waals surface area contributed by atoms with Crippen LogP contribution >= 0.6 is 0 Å². The lowest BCUT2D eigenvalue weighted by Gasteiger charge is -2.16. The minimum atomic E-state index is 0.224. The Kier molecular flexibility index (Phi) is 5.30. The molecule has 0 aliphatic carbocycles. The highest BCUT2D eigenvalue weighted by Gasteiger charge is 2.14. The summed E-state index contributed by atoms with van der Waals surface area (Å²) < 4.78 is 2.05. The Morgan fingerprint density at radius 2 is 2.10 bits per heavy atom. The Labute approximate surface area is 121 Å². The highest BCUT2D eigenvalue weighted by Crippen LogP contribution is 2.17. The van der Waals surface area contributed by atoms with Gasteiger partial charge in [-0.1, -0.05) is 19.9 Å². The first-order valence-corrected chi connectivity index (χ1v) is 7.43. The maximum absolute atomic E-state index is 4.68. The van der Waals surface area contributed by atoms with Gasteiger partial charge in [0.05, 0.1) is 17.4 Å². The van der Waals surface area contributed by atoms with E-state index in [1.165, 1.54) is 0 Å². The molecule has 0 aliphatic heterocycles. The van der Waals surface area contributed by atoms with Gasteiger partial charge in [-0.25, -0.2) is 0 Å². The molecular formula is C16H24N4. The van der Waals surface area contributed by atoms with Gasteiger partial charge in [0.15, 0.2) is 0 Å². The molecule has 2 unspecified atom stereocenters. The number of pyridine rings is 1. The van der Waals surface area contributed by atoms with Gasteiger partial charge >= 0.3 is 0 Å². The number of aromatic nitrogens is 3. The quantitative estimate of drug-likeness (QED) is 0.842. The Morgan fingerprint density at radius 1 is 1.25 bits per heavy atom. The largest absolute Gasteiger partial charge is 0.309 e. The van der Waals surface area contributed by atoms with E-state index in [4.69, 9.17) is 0 Å². The van der Waals surface area contributed by atoms with Crippen molar-refractivity contribution in [2.45, 2.75) is 45.7 Å². The predicted molar refractivity (Wildman–Crippen MR) is 81.6 cm³/mol. The molecule has 0 bridgehead atoms. The van der Waals surface area contributed by atoms with Crippen molar-refractivity contribution in [3.63, 3.8) is 0 Å². The fraction of sp³-hybridized carbons (Fsp3) is 0.500. The van der Waals surface area contributed by atoms with E-state index in [0.29, 0.717) is 6.04 Å². The Morgan fingerprint density at radius 3 is 2.75 bits per heavy atom. The minimum Gasteiger partial charge on any atom is -0.309 e. The molecule has 4 heteroatoms. The van der Waals surface area contributed by atoms with Gasteiger partial charge in [-0.2, -0.15) is 5.10 Å². The Bertz CT molecular complexity index is 506. The highest BCUT2D eigenvalue weighted by atomic mass is 15.3. The normalized spacial score (nSPS) is 14.2. The van der Waals surface area contributed by atoms with Gasteiger partial charge in [-0.15, -0.1) is 0 Å². The molecule has 0 radical (unpaired) electrons. The topological polar surface area (TPSA) is 42.7 Å². The van der Waals surface area contributed by atoms with Gasteiger partial charge in [-0.05, 0) is 38.1 Å². The van der Waals surface area contributed by atoms with Crippen molar-refractivity contribution in [2.24, 2.45) is 0 Å². The summed E-state index contributed by atoms with van der Waals surface area (Å²) >= 11 is 0. The van der Waals surface area contributed by atoms with Crippen molar-refractivity contribution in [3.05, 3.63) is 48.0 Å². The fourth-order valence-corrected chi connectivity index (χ4v) is 2.24. The molecule has 0 saturated heterocycles. The summed E-state index contributed by atoms with van der Waals surface area (Å²) in [6, 6.07) is 8.84. The van der Waals surface area contributed by atoms with E-state index in [1.807, 2.05) is 18.3 Å². The van der Waals surface area contributed by atoms with Crippen molar-refractivity contribution in [3.8, 4) is 0 Å². The SMILES string of the molecule is CCNC(Cc1ccn(C(C)CC)n1)c1ccccn1. The second-order valence-electron chi connectivity index (χ2n) is 5.11. The summed E-state index contributed by atoms with van der Waals surface area (Å²) in [6.07, 6.45) is 5.88. The van der Waals surface area contributed by atoms with Crippen LogP contribution in [0.4, 0.5) is 0 Å². The first-order chi connectivity index (χ1) is 9.74. The van der Waals surface area contributed by atoms with Gasteiger partial charge in [0.25, 0.3) is 0 Å². The summed E-state index contributed by atoms with van der Waals surface area (Å²) in [5.74, 6) is 0. The molecule has 108 valence electrons. The molecular weight excluding hydrogens is 248 g/mol. The lowest BCUT2D eigenvalue weighted by Crippen LogP contribution is -2.24. The molecule has 2 heterocycles. The number of hydrogen-bond donors (Lipinski definition) is 1. The van der Waals surface area contributed by atoms with E-state index in [0.717, 1.165) is 30.8 Å². The molecule has 0 aliphatic rings. The summed E-state index contributed by atoms with van der Waals surface area (Å²) in [5.41, 5.74) is 2.19. The lowest BCUT2D eigenvalue weighted by molar-refractivity contribution is 0.465. The minimum absolute atomic E-state index is 0.224. The van der Waals surface area contributed by atoms with Crippen LogP contribution in [0.2, 0.25) is 0 Å². The molecule has 2 aromatic heterocycles. The van der Waals surface area contributed by atoms with Gasteiger partial charge < -0.3 is 5.32 Å². The van der Waals surface area contributed by atoms with Crippen molar-refractivity contribution in [2.75, 3.05) is 6.54 Å². The number of rotatable bonds is 7. The molecule has 0 fully saturated rings. The Hall–Kier alpha value is -1.68. The van der Waals surface area contributed by atoms with Crippen LogP contribution in [0.15, 0.2) is 36.7 Å². The first-order valence-electron chi connectivity index (χ1n) is 7.43. The zero-order valence-corrected chi connectivity index (χ0v) is 12.6. The van der Waals surface area contributed by atoms with Crippen LogP contribution in [0, 0.1) is 0 Å². The third-order valence-electron chi connectivity index (χ3n) is 3.61. The van der Waals surface area contributed by atoms with Crippen LogP contribution < -0.4 is 5.32 Å². The molecule has 20 heavy (non-hydrogen) atoms. The van der Waals surface area contributed by atoms with Crippen LogP contribution in [0.25, 0.3) is 0 Å². The molecule has 1 N–H and O–H groups in total. The number of hydrogen-bond acceptors (Lipinski definition) is 3. The van der Waals surface area contributed by atoms with Gasteiger partial charge in [0.1, 0.15) is 0 Å². The van der Waals surface area contributed by atoms with E-state index in [1.54, 1.807) is 0 Å². The standard InChI is InChI=1S/C16H24N4/c1-4-13(3)20-11-9-14(19-20)12-16(17-5-2)15-8-6-7-10-18-15/h6-11,13,16-17H,4-5,12H2,1-3H3. The van der Waals surface area contributed by atoms with Gasteiger partial charge in [0.2, 0.25) is 0 Å². The van der Waals surface area contributed by atoms with E-state index >= 15 is 0 Å². The summed E-state index contributed by atoms with van der Waals surface area (Å²) in [4.78, 5) is 4.45. The molecule has 4 nitrogen and oxygen atoms in total. The smallest absolute Gasteiger partial charge is 0.0644 e. The summed E-state index contributed by atoms with van der Waals surface area (Å²) in [7, 11) is 0. The first kappa shape index (κ1) is 14.7. The van der Waals surface area contributed by atoms with Crippen molar-refractivity contribution in [1.29, 1.82) is 0 Å². The second-order valence-corrected chi connectivity index (χ2v) is 5.11. The zero-order valence-electron chi connectivity index (χ0n) is 12.6.